The molecule has 0 aromatic carbocycles. The average Bonchev–Trinajstić information content (AvgIpc) is 2.74. The van der Waals surface area contributed by atoms with Gasteiger partial charge in [-0.3, -0.25) is 0 Å². The molecule has 3 N–H and O–H groups in total. The van der Waals surface area contributed by atoms with Gasteiger partial charge in [0.15, 0.2) is 5.03 Å². The second-order valence-electron chi connectivity index (χ2n) is 4.08. The van der Waals surface area contributed by atoms with Crippen LogP contribution in [0.3, 0.4) is 0 Å². The van der Waals surface area contributed by atoms with Gasteiger partial charge in [-0.25, -0.2) is 18.1 Å². The van der Waals surface area contributed by atoms with E-state index in [9.17, 15) is 13.5 Å². The van der Waals surface area contributed by atoms with Crippen LogP contribution in [0.25, 0.3) is 0 Å². The smallest absolute Gasteiger partial charge is 0.258 e. The quantitative estimate of drug-likeness (QED) is 0.697. The number of rotatable bonds is 6. The van der Waals surface area contributed by atoms with E-state index < -0.39 is 15.6 Å². The van der Waals surface area contributed by atoms with Crippen molar-refractivity contribution in [1.82, 2.24) is 14.7 Å². The molecule has 1 aromatic heterocycles. The number of aromatic nitrogens is 2. The number of aliphatic hydroxyl groups is 1. The number of H-pyrrole nitrogens is 1. The van der Waals surface area contributed by atoms with Gasteiger partial charge in [0.1, 0.15) is 5.82 Å². The summed E-state index contributed by atoms with van der Waals surface area (Å²) in [5.74, 6) is 0.535. The van der Waals surface area contributed by atoms with Gasteiger partial charge < -0.3 is 10.1 Å². The molecule has 0 aliphatic heterocycles. The van der Waals surface area contributed by atoms with Crippen LogP contribution < -0.4 is 4.72 Å². The highest BCUT2D eigenvalue weighted by Crippen LogP contribution is 2.18. The monoisotopic (exact) mass is 261 g/mol. The molecule has 7 heteroatoms. The van der Waals surface area contributed by atoms with Crippen molar-refractivity contribution in [2.24, 2.45) is 0 Å². The van der Waals surface area contributed by atoms with Crippen LogP contribution in [0.4, 0.5) is 0 Å². The highest BCUT2D eigenvalue weighted by atomic mass is 32.2. The van der Waals surface area contributed by atoms with Crippen LogP contribution in [0.2, 0.25) is 0 Å². The molecule has 0 atom stereocenters. The molecule has 0 amide bonds. The fourth-order valence-corrected chi connectivity index (χ4v) is 3.03. The first-order valence-electron chi connectivity index (χ1n) is 5.55. The van der Waals surface area contributed by atoms with Gasteiger partial charge in [-0.15, -0.1) is 0 Å². The maximum Gasteiger partial charge on any atom is 0.258 e. The van der Waals surface area contributed by atoms with E-state index >= 15 is 0 Å². The van der Waals surface area contributed by atoms with Crippen molar-refractivity contribution >= 4 is 10.0 Å². The van der Waals surface area contributed by atoms with Gasteiger partial charge in [0.05, 0.1) is 18.3 Å². The Labute approximate surface area is 102 Å². The molecule has 0 spiro atoms. The van der Waals surface area contributed by atoms with Crippen LogP contribution in [-0.2, 0) is 10.0 Å². The first-order valence-corrected chi connectivity index (χ1v) is 7.04. The Hall–Kier alpha value is -0.920. The van der Waals surface area contributed by atoms with E-state index in [1.807, 2.05) is 13.8 Å². The summed E-state index contributed by atoms with van der Waals surface area (Å²) in [5, 5.41) is 9.36. The number of nitrogens with zero attached hydrogens (tertiary/aromatic N) is 1. The molecule has 0 saturated carbocycles. The summed E-state index contributed by atoms with van der Waals surface area (Å²) < 4.78 is 26.6. The zero-order valence-electron chi connectivity index (χ0n) is 10.3. The third kappa shape index (κ3) is 3.05. The second kappa shape index (κ2) is 5.16. The summed E-state index contributed by atoms with van der Waals surface area (Å²) >= 11 is 0. The minimum Gasteiger partial charge on any atom is -0.394 e. The Balaban J connectivity index is 3.00. The molecule has 98 valence electrons. The number of nitrogens with one attached hydrogen (secondary N) is 2. The summed E-state index contributed by atoms with van der Waals surface area (Å²) in [7, 11) is -3.66. The standard InChI is InChI=1S/C10H19N3O3S/c1-4-10(5-2,7-14)13-17(15,16)9-6-11-8(3)12-9/h6,13-14H,4-5,7H2,1-3H3,(H,11,12). The maximum absolute atomic E-state index is 12.0. The van der Waals surface area contributed by atoms with Crippen molar-refractivity contribution < 1.29 is 13.5 Å². The molecule has 0 aliphatic rings. The van der Waals surface area contributed by atoms with Crippen LogP contribution in [0.5, 0.6) is 0 Å². The predicted octanol–water partition coefficient (Wildman–Crippen LogP) is 0.548. The van der Waals surface area contributed by atoms with Crippen LogP contribution in [0, 0.1) is 6.92 Å². The van der Waals surface area contributed by atoms with Gasteiger partial charge >= 0.3 is 0 Å². The van der Waals surface area contributed by atoms with Crippen molar-refractivity contribution in [2.45, 2.75) is 44.2 Å². The summed E-state index contributed by atoms with van der Waals surface area (Å²) in [6.07, 6.45) is 2.31. The molecule has 17 heavy (non-hydrogen) atoms. The fraction of sp³-hybridized carbons (Fsp3) is 0.700. The first-order chi connectivity index (χ1) is 7.89. The van der Waals surface area contributed by atoms with E-state index in [0.29, 0.717) is 18.7 Å². The van der Waals surface area contributed by atoms with Crippen molar-refractivity contribution in [3.05, 3.63) is 12.0 Å². The molecular formula is C10H19N3O3S. The summed E-state index contributed by atoms with van der Waals surface area (Å²) in [4.78, 5) is 6.52. The molecule has 0 fully saturated rings. The largest absolute Gasteiger partial charge is 0.394 e. The minimum absolute atomic E-state index is 0.0229. The molecule has 0 aliphatic carbocycles. The van der Waals surface area contributed by atoms with E-state index in [1.54, 1.807) is 6.92 Å². The molecular weight excluding hydrogens is 242 g/mol. The molecule has 0 radical (unpaired) electrons. The number of aryl methyl sites for hydroxylation is 1. The van der Waals surface area contributed by atoms with E-state index in [4.69, 9.17) is 0 Å². The topological polar surface area (TPSA) is 95.1 Å². The van der Waals surface area contributed by atoms with Gasteiger partial charge in [-0.2, -0.15) is 0 Å². The number of aliphatic hydroxyl groups excluding tert-OH is 1. The average molecular weight is 261 g/mol. The third-order valence-corrected chi connectivity index (χ3v) is 4.46. The highest BCUT2D eigenvalue weighted by Gasteiger charge is 2.32. The maximum atomic E-state index is 12.0. The molecule has 6 nitrogen and oxygen atoms in total. The number of imidazole rings is 1. The Morgan fingerprint density at radius 3 is 2.41 bits per heavy atom. The number of sulfonamides is 1. The van der Waals surface area contributed by atoms with E-state index in [1.165, 1.54) is 6.20 Å². The molecule has 1 aromatic rings. The zero-order chi connectivity index (χ0) is 13.1. The van der Waals surface area contributed by atoms with Gasteiger partial charge in [-0.1, -0.05) is 13.8 Å². The van der Waals surface area contributed by atoms with Crippen molar-refractivity contribution in [3.8, 4) is 0 Å². The summed E-state index contributed by atoms with van der Waals surface area (Å²) in [6, 6.07) is 0. The predicted molar refractivity (Wildman–Crippen MR) is 64.0 cm³/mol. The number of hydrogen-bond acceptors (Lipinski definition) is 4. The van der Waals surface area contributed by atoms with Crippen LogP contribution in [0.15, 0.2) is 11.2 Å². The van der Waals surface area contributed by atoms with Gasteiger partial charge in [-0.05, 0) is 19.8 Å². The van der Waals surface area contributed by atoms with Crippen LogP contribution in [0.1, 0.15) is 32.5 Å². The third-order valence-electron chi connectivity index (χ3n) is 2.98. The summed E-state index contributed by atoms with van der Waals surface area (Å²) in [5.41, 5.74) is -0.808. The highest BCUT2D eigenvalue weighted by molar-refractivity contribution is 7.89. The van der Waals surface area contributed by atoms with Gasteiger partial charge in [0.25, 0.3) is 10.0 Å². The lowest BCUT2D eigenvalue weighted by molar-refractivity contribution is 0.172. The lowest BCUT2D eigenvalue weighted by atomic mass is 9.96. The number of hydrogen-bond donors (Lipinski definition) is 3. The molecule has 0 saturated heterocycles. The van der Waals surface area contributed by atoms with Crippen LogP contribution >= 0.6 is 0 Å². The molecule has 1 rings (SSSR count). The second-order valence-corrected chi connectivity index (χ2v) is 5.73. The molecule has 1 heterocycles. The lowest BCUT2D eigenvalue weighted by Gasteiger charge is -2.29. The van der Waals surface area contributed by atoms with Crippen molar-refractivity contribution in [3.63, 3.8) is 0 Å². The minimum atomic E-state index is -3.66. The van der Waals surface area contributed by atoms with Crippen molar-refractivity contribution in [1.29, 1.82) is 0 Å². The fourth-order valence-electron chi connectivity index (χ4n) is 1.53. The first kappa shape index (κ1) is 14.1. The molecule has 0 bridgehead atoms. The SMILES string of the molecule is CCC(CC)(CO)NS(=O)(=O)c1cnc(C)[nH]1. The van der Waals surface area contributed by atoms with E-state index in [0.717, 1.165) is 0 Å². The Morgan fingerprint density at radius 1 is 1.47 bits per heavy atom. The van der Waals surface area contributed by atoms with E-state index in [2.05, 4.69) is 14.7 Å². The summed E-state index contributed by atoms with van der Waals surface area (Å²) in [6.45, 7) is 5.12. The number of aromatic amines is 1. The lowest BCUT2D eigenvalue weighted by Crippen LogP contribution is -2.50. The van der Waals surface area contributed by atoms with Crippen molar-refractivity contribution in [2.75, 3.05) is 6.61 Å². The Kier molecular flexibility index (Phi) is 4.29. The van der Waals surface area contributed by atoms with Crippen LogP contribution in [-0.4, -0.2) is 35.6 Å². The van der Waals surface area contributed by atoms with Gasteiger partial charge in [0.2, 0.25) is 0 Å². The Morgan fingerprint density at radius 2 is 2.06 bits per heavy atom. The normalized spacial score (nSPS) is 12.9. The zero-order valence-corrected chi connectivity index (χ0v) is 11.1. The van der Waals surface area contributed by atoms with Gasteiger partial charge in [0, 0.05) is 0 Å². The Bertz CT molecular complexity index is 455. The molecule has 0 unspecified atom stereocenters. The van der Waals surface area contributed by atoms with E-state index in [-0.39, 0.29) is 11.6 Å².